The van der Waals surface area contributed by atoms with Gasteiger partial charge in [0.1, 0.15) is 12.4 Å². The van der Waals surface area contributed by atoms with Gasteiger partial charge < -0.3 is 10.5 Å². The normalized spacial score (nSPS) is 17.9. The van der Waals surface area contributed by atoms with E-state index in [1.165, 1.54) is 25.9 Å². The van der Waals surface area contributed by atoms with Gasteiger partial charge in [0.2, 0.25) is 0 Å². The first-order chi connectivity index (χ1) is 8.79. The fourth-order valence-electron chi connectivity index (χ4n) is 2.42. The lowest BCUT2D eigenvalue weighted by atomic mass is 10.2. The number of hydrogen-bond donors (Lipinski definition) is 1. The van der Waals surface area contributed by atoms with Crippen LogP contribution in [0.1, 0.15) is 19.3 Å². The first kappa shape index (κ1) is 13.7. The van der Waals surface area contributed by atoms with E-state index in [9.17, 15) is 0 Å². The Morgan fingerprint density at radius 1 is 1.33 bits per heavy atom. The molecule has 0 aliphatic carbocycles. The van der Waals surface area contributed by atoms with E-state index in [1.54, 1.807) is 0 Å². The average Bonchev–Trinajstić information content (AvgIpc) is 2.88. The van der Waals surface area contributed by atoms with Crippen molar-refractivity contribution in [3.8, 4) is 5.75 Å². The molecule has 0 spiro atoms. The molecule has 0 bridgehead atoms. The number of benzene rings is 1. The van der Waals surface area contributed by atoms with Gasteiger partial charge in [0.25, 0.3) is 0 Å². The van der Waals surface area contributed by atoms with Crippen LogP contribution in [0.4, 0.5) is 0 Å². The van der Waals surface area contributed by atoms with Crippen molar-refractivity contribution < 1.29 is 4.74 Å². The van der Waals surface area contributed by atoms with Crippen molar-refractivity contribution in [2.24, 2.45) is 5.73 Å². The molecule has 100 valence electrons. The number of nitrogens with two attached hydrogens (primary N) is 1. The van der Waals surface area contributed by atoms with Crippen molar-refractivity contribution in [2.75, 3.05) is 26.2 Å². The first-order valence-corrected chi connectivity index (χ1v) is 7.00. The molecule has 18 heavy (non-hydrogen) atoms. The molecule has 1 aliphatic heterocycles. The summed E-state index contributed by atoms with van der Waals surface area (Å²) in [6, 6.07) is 7.98. The van der Waals surface area contributed by atoms with Crippen molar-refractivity contribution in [3.63, 3.8) is 0 Å². The smallest absolute Gasteiger partial charge is 0.120 e. The second-order valence-electron chi connectivity index (χ2n) is 4.74. The lowest BCUT2D eigenvalue weighted by molar-refractivity contribution is 0.154. The Morgan fingerprint density at radius 2 is 2.11 bits per heavy atom. The zero-order valence-corrected chi connectivity index (χ0v) is 11.4. The van der Waals surface area contributed by atoms with E-state index in [-0.39, 0.29) is 0 Å². The van der Waals surface area contributed by atoms with Crippen LogP contribution in [0.5, 0.6) is 5.75 Å². The Morgan fingerprint density at radius 3 is 2.78 bits per heavy atom. The molecule has 0 aromatic heterocycles. The fourth-order valence-corrected chi connectivity index (χ4v) is 2.60. The SMILES string of the molecule is NCCC(COc1cccc(Cl)c1)N1CCCC1. The summed E-state index contributed by atoms with van der Waals surface area (Å²) in [6.07, 6.45) is 3.57. The van der Waals surface area contributed by atoms with Crippen molar-refractivity contribution in [1.82, 2.24) is 4.90 Å². The minimum Gasteiger partial charge on any atom is -0.492 e. The second-order valence-corrected chi connectivity index (χ2v) is 5.18. The van der Waals surface area contributed by atoms with Gasteiger partial charge in [0.05, 0.1) is 0 Å². The van der Waals surface area contributed by atoms with E-state index in [2.05, 4.69) is 4.90 Å². The third kappa shape index (κ3) is 3.87. The van der Waals surface area contributed by atoms with Gasteiger partial charge >= 0.3 is 0 Å². The van der Waals surface area contributed by atoms with Gasteiger partial charge in [-0.2, -0.15) is 0 Å². The maximum Gasteiger partial charge on any atom is 0.120 e. The van der Waals surface area contributed by atoms with Gasteiger partial charge in [-0.3, -0.25) is 4.90 Å². The van der Waals surface area contributed by atoms with Gasteiger partial charge in [-0.15, -0.1) is 0 Å². The third-order valence-corrected chi connectivity index (χ3v) is 3.63. The number of halogens is 1. The summed E-state index contributed by atoms with van der Waals surface area (Å²) >= 11 is 5.94. The lowest BCUT2D eigenvalue weighted by Gasteiger charge is -2.27. The quantitative estimate of drug-likeness (QED) is 0.862. The maximum atomic E-state index is 5.94. The molecule has 1 fully saturated rings. The molecule has 1 aromatic carbocycles. The number of likely N-dealkylation sites (tertiary alicyclic amines) is 1. The Balaban J connectivity index is 1.88. The lowest BCUT2D eigenvalue weighted by Crippen LogP contribution is -2.39. The van der Waals surface area contributed by atoms with Crippen LogP contribution in [0, 0.1) is 0 Å². The highest BCUT2D eigenvalue weighted by Crippen LogP contribution is 2.19. The van der Waals surface area contributed by atoms with Crippen LogP contribution in [-0.2, 0) is 0 Å². The zero-order chi connectivity index (χ0) is 12.8. The topological polar surface area (TPSA) is 38.5 Å². The van der Waals surface area contributed by atoms with Crippen LogP contribution in [0.2, 0.25) is 5.02 Å². The van der Waals surface area contributed by atoms with Gasteiger partial charge in [0, 0.05) is 11.1 Å². The maximum absolute atomic E-state index is 5.94. The minimum atomic E-state index is 0.427. The van der Waals surface area contributed by atoms with Crippen LogP contribution >= 0.6 is 11.6 Å². The molecule has 1 saturated heterocycles. The highest BCUT2D eigenvalue weighted by atomic mass is 35.5. The number of ether oxygens (including phenoxy) is 1. The zero-order valence-electron chi connectivity index (χ0n) is 10.6. The standard InChI is InChI=1S/C14H21ClN2O/c15-12-4-3-5-14(10-12)18-11-13(6-7-16)17-8-1-2-9-17/h3-5,10,13H,1-2,6-9,11,16H2. The van der Waals surface area contributed by atoms with Gasteiger partial charge in [0.15, 0.2) is 0 Å². The van der Waals surface area contributed by atoms with Gasteiger partial charge in [-0.1, -0.05) is 17.7 Å². The number of nitrogens with zero attached hydrogens (tertiary/aromatic N) is 1. The highest BCUT2D eigenvalue weighted by molar-refractivity contribution is 6.30. The Kier molecular flexibility index (Phi) is 5.29. The Bertz CT molecular complexity index is 367. The molecule has 0 saturated carbocycles. The van der Waals surface area contributed by atoms with Crippen LogP contribution in [0.25, 0.3) is 0 Å². The molecular formula is C14H21ClN2O. The highest BCUT2D eigenvalue weighted by Gasteiger charge is 2.21. The largest absolute Gasteiger partial charge is 0.492 e. The fraction of sp³-hybridized carbons (Fsp3) is 0.571. The molecule has 4 heteroatoms. The van der Waals surface area contributed by atoms with Crippen molar-refractivity contribution in [3.05, 3.63) is 29.3 Å². The molecule has 0 amide bonds. The summed E-state index contributed by atoms with van der Waals surface area (Å²) in [7, 11) is 0. The summed E-state index contributed by atoms with van der Waals surface area (Å²) in [5.41, 5.74) is 5.69. The molecule has 1 aliphatic rings. The van der Waals surface area contributed by atoms with E-state index in [1.807, 2.05) is 24.3 Å². The molecule has 2 N–H and O–H groups in total. The van der Waals surface area contributed by atoms with Crippen molar-refractivity contribution >= 4 is 11.6 Å². The summed E-state index contributed by atoms with van der Waals surface area (Å²) in [5, 5.41) is 0.712. The average molecular weight is 269 g/mol. The molecule has 3 nitrogen and oxygen atoms in total. The molecule has 1 atom stereocenters. The van der Waals surface area contributed by atoms with Crippen LogP contribution in [0.3, 0.4) is 0 Å². The van der Waals surface area contributed by atoms with Gasteiger partial charge in [-0.05, 0) is 57.1 Å². The first-order valence-electron chi connectivity index (χ1n) is 6.62. The van der Waals surface area contributed by atoms with E-state index < -0.39 is 0 Å². The van der Waals surface area contributed by atoms with Crippen LogP contribution in [0.15, 0.2) is 24.3 Å². The monoisotopic (exact) mass is 268 g/mol. The molecular weight excluding hydrogens is 248 g/mol. The summed E-state index contributed by atoms with van der Waals surface area (Å²) < 4.78 is 5.83. The summed E-state index contributed by atoms with van der Waals surface area (Å²) in [6.45, 7) is 3.74. The van der Waals surface area contributed by atoms with E-state index >= 15 is 0 Å². The van der Waals surface area contributed by atoms with Crippen molar-refractivity contribution in [2.45, 2.75) is 25.3 Å². The van der Waals surface area contributed by atoms with E-state index in [4.69, 9.17) is 22.1 Å². The molecule has 1 heterocycles. The Labute approximate surface area is 114 Å². The molecule has 1 unspecified atom stereocenters. The van der Waals surface area contributed by atoms with Crippen molar-refractivity contribution in [1.29, 1.82) is 0 Å². The minimum absolute atomic E-state index is 0.427. The predicted molar refractivity (Wildman–Crippen MR) is 75.2 cm³/mol. The summed E-state index contributed by atoms with van der Waals surface area (Å²) in [4.78, 5) is 2.48. The van der Waals surface area contributed by atoms with Crippen LogP contribution in [-0.4, -0.2) is 37.2 Å². The molecule has 0 radical (unpaired) electrons. The second kappa shape index (κ2) is 6.98. The number of hydrogen-bond acceptors (Lipinski definition) is 3. The predicted octanol–water partition coefficient (Wildman–Crippen LogP) is 2.53. The van der Waals surface area contributed by atoms with Gasteiger partial charge in [-0.25, -0.2) is 0 Å². The van der Waals surface area contributed by atoms with Crippen LogP contribution < -0.4 is 10.5 Å². The van der Waals surface area contributed by atoms with E-state index in [0.717, 1.165) is 12.2 Å². The Hall–Kier alpha value is -0.770. The number of rotatable bonds is 6. The molecule has 2 rings (SSSR count). The van der Waals surface area contributed by atoms with E-state index in [0.29, 0.717) is 24.2 Å². The summed E-state index contributed by atoms with van der Waals surface area (Å²) in [5.74, 6) is 0.837. The third-order valence-electron chi connectivity index (χ3n) is 3.40. The molecule has 1 aromatic rings.